The van der Waals surface area contributed by atoms with Gasteiger partial charge in [-0.05, 0) is 38.0 Å². The standard InChI is InChI=1S/C13H23NO/c1-4-6-10-9(2)14(3)13(15)12-8-5-7-11(10)12/h9-12H,4-8H2,1-3H3. The number of carbonyl (C=O) groups excluding carboxylic acids is 1. The molecule has 86 valence electrons. The van der Waals surface area contributed by atoms with Crippen molar-refractivity contribution < 1.29 is 4.79 Å². The quantitative estimate of drug-likeness (QED) is 0.684. The maximum Gasteiger partial charge on any atom is 0.225 e. The summed E-state index contributed by atoms with van der Waals surface area (Å²) in [6.07, 6.45) is 6.24. The van der Waals surface area contributed by atoms with Gasteiger partial charge >= 0.3 is 0 Å². The predicted molar refractivity (Wildman–Crippen MR) is 61.5 cm³/mol. The summed E-state index contributed by atoms with van der Waals surface area (Å²) in [6, 6.07) is 0.455. The van der Waals surface area contributed by atoms with E-state index >= 15 is 0 Å². The highest BCUT2D eigenvalue weighted by atomic mass is 16.2. The molecule has 0 radical (unpaired) electrons. The fourth-order valence-electron chi connectivity index (χ4n) is 3.70. The molecule has 0 aromatic carbocycles. The topological polar surface area (TPSA) is 20.3 Å². The fourth-order valence-corrected chi connectivity index (χ4v) is 3.70. The largest absolute Gasteiger partial charge is 0.343 e. The molecular weight excluding hydrogens is 186 g/mol. The molecule has 2 nitrogen and oxygen atoms in total. The average molecular weight is 209 g/mol. The van der Waals surface area contributed by atoms with Crippen molar-refractivity contribution in [3.63, 3.8) is 0 Å². The zero-order valence-electron chi connectivity index (χ0n) is 10.2. The molecule has 1 heterocycles. The Bertz CT molecular complexity index is 251. The lowest BCUT2D eigenvalue weighted by molar-refractivity contribution is -0.145. The van der Waals surface area contributed by atoms with Crippen molar-refractivity contribution in [2.45, 2.75) is 52.0 Å². The number of hydrogen-bond donors (Lipinski definition) is 0. The maximum absolute atomic E-state index is 12.1. The van der Waals surface area contributed by atoms with Crippen LogP contribution in [0.15, 0.2) is 0 Å². The molecule has 15 heavy (non-hydrogen) atoms. The van der Waals surface area contributed by atoms with E-state index in [2.05, 4.69) is 13.8 Å². The normalized spacial score (nSPS) is 40.7. The third kappa shape index (κ3) is 1.68. The molecule has 0 spiro atoms. The van der Waals surface area contributed by atoms with E-state index in [0.717, 1.165) is 12.3 Å². The second-order valence-electron chi connectivity index (χ2n) is 5.34. The summed E-state index contributed by atoms with van der Waals surface area (Å²) in [7, 11) is 1.99. The molecule has 0 bridgehead atoms. The molecular formula is C13H23NO. The van der Waals surface area contributed by atoms with Crippen LogP contribution in [0.1, 0.15) is 46.0 Å². The number of carbonyl (C=O) groups is 1. The van der Waals surface area contributed by atoms with E-state index in [-0.39, 0.29) is 0 Å². The SMILES string of the molecule is CCCC1C2CCCC2C(=O)N(C)C1C. The Labute approximate surface area is 93.0 Å². The lowest BCUT2D eigenvalue weighted by Crippen LogP contribution is -2.52. The minimum absolute atomic E-state index is 0.364. The van der Waals surface area contributed by atoms with Gasteiger partial charge in [0.1, 0.15) is 0 Å². The third-order valence-electron chi connectivity index (χ3n) is 4.64. The van der Waals surface area contributed by atoms with Crippen LogP contribution in [-0.4, -0.2) is 23.9 Å². The Balaban J connectivity index is 2.19. The summed E-state index contributed by atoms with van der Waals surface area (Å²) in [6.45, 7) is 4.49. The minimum Gasteiger partial charge on any atom is -0.343 e. The maximum atomic E-state index is 12.1. The van der Waals surface area contributed by atoms with E-state index in [9.17, 15) is 4.79 Å². The summed E-state index contributed by atoms with van der Waals surface area (Å²) < 4.78 is 0. The summed E-state index contributed by atoms with van der Waals surface area (Å²) in [5.74, 6) is 2.23. The molecule has 2 aliphatic rings. The molecule has 0 aromatic rings. The van der Waals surface area contributed by atoms with Crippen LogP contribution in [-0.2, 0) is 4.79 Å². The van der Waals surface area contributed by atoms with Gasteiger partial charge in [0.2, 0.25) is 5.91 Å². The van der Waals surface area contributed by atoms with Crippen molar-refractivity contribution in [2.24, 2.45) is 17.8 Å². The Morgan fingerprint density at radius 3 is 2.80 bits per heavy atom. The van der Waals surface area contributed by atoms with Gasteiger partial charge in [0.15, 0.2) is 0 Å². The van der Waals surface area contributed by atoms with E-state index in [1.165, 1.54) is 25.7 Å². The van der Waals surface area contributed by atoms with E-state index in [4.69, 9.17) is 0 Å². The number of likely N-dealkylation sites (tertiary alicyclic amines) is 1. The van der Waals surface area contributed by atoms with Crippen LogP contribution in [0, 0.1) is 17.8 Å². The van der Waals surface area contributed by atoms with Gasteiger partial charge in [-0.15, -0.1) is 0 Å². The van der Waals surface area contributed by atoms with Gasteiger partial charge < -0.3 is 4.90 Å². The van der Waals surface area contributed by atoms with E-state index in [1.807, 2.05) is 11.9 Å². The number of amides is 1. The predicted octanol–water partition coefficient (Wildman–Crippen LogP) is 2.68. The van der Waals surface area contributed by atoms with Crippen LogP contribution >= 0.6 is 0 Å². The van der Waals surface area contributed by atoms with Crippen molar-refractivity contribution >= 4 is 5.91 Å². The highest BCUT2D eigenvalue weighted by Gasteiger charge is 2.46. The molecule has 2 heteroatoms. The number of fused-ring (bicyclic) bond motifs is 1. The van der Waals surface area contributed by atoms with Crippen molar-refractivity contribution in [1.29, 1.82) is 0 Å². The molecule has 4 unspecified atom stereocenters. The van der Waals surface area contributed by atoms with Crippen LogP contribution in [0.2, 0.25) is 0 Å². The first-order valence-corrected chi connectivity index (χ1v) is 6.43. The summed E-state index contributed by atoms with van der Waals surface area (Å²) in [5, 5.41) is 0. The van der Waals surface area contributed by atoms with Gasteiger partial charge in [0.05, 0.1) is 0 Å². The number of rotatable bonds is 2. The Kier molecular flexibility index (Phi) is 3.03. The molecule has 4 atom stereocenters. The smallest absolute Gasteiger partial charge is 0.225 e. The zero-order chi connectivity index (χ0) is 11.0. The van der Waals surface area contributed by atoms with Crippen LogP contribution in [0.25, 0.3) is 0 Å². The average Bonchev–Trinajstić information content (AvgIpc) is 2.70. The summed E-state index contributed by atoms with van der Waals surface area (Å²) in [5.41, 5.74) is 0. The van der Waals surface area contributed by atoms with Crippen LogP contribution in [0.3, 0.4) is 0 Å². The molecule has 2 rings (SSSR count). The van der Waals surface area contributed by atoms with Crippen molar-refractivity contribution in [3.05, 3.63) is 0 Å². The van der Waals surface area contributed by atoms with Crippen molar-refractivity contribution in [1.82, 2.24) is 4.90 Å². The number of piperidine rings is 1. The van der Waals surface area contributed by atoms with Crippen LogP contribution in [0.4, 0.5) is 0 Å². The highest BCUT2D eigenvalue weighted by molar-refractivity contribution is 5.80. The van der Waals surface area contributed by atoms with Crippen molar-refractivity contribution in [3.8, 4) is 0 Å². The molecule has 1 amide bonds. The third-order valence-corrected chi connectivity index (χ3v) is 4.64. The first kappa shape index (κ1) is 11.0. The van der Waals surface area contributed by atoms with E-state index in [0.29, 0.717) is 23.8 Å². The van der Waals surface area contributed by atoms with Gasteiger partial charge in [-0.3, -0.25) is 4.79 Å². The van der Waals surface area contributed by atoms with Gasteiger partial charge in [-0.1, -0.05) is 19.8 Å². The Hall–Kier alpha value is -0.530. The first-order chi connectivity index (χ1) is 7.16. The van der Waals surface area contributed by atoms with Crippen LogP contribution in [0.5, 0.6) is 0 Å². The van der Waals surface area contributed by atoms with E-state index < -0.39 is 0 Å². The van der Waals surface area contributed by atoms with Crippen LogP contribution < -0.4 is 0 Å². The van der Waals surface area contributed by atoms with Gasteiger partial charge in [-0.2, -0.15) is 0 Å². The first-order valence-electron chi connectivity index (χ1n) is 6.43. The lowest BCUT2D eigenvalue weighted by Gasteiger charge is -2.44. The fraction of sp³-hybridized carbons (Fsp3) is 0.923. The van der Waals surface area contributed by atoms with Gasteiger partial charge in [-0.25, -0.2) is 0 Å². The molecule has 0 aromatic heterocycles. The lowest BCUT2D eigenvalue weighted by atomic mass is 9.73. The zero-order valence-corrected chi connectivity index (χ0v) is 10.2. The molecule has 1 aliphatic heterocycles. The molecule has 2 fully saturated rings. The molecule has 1 saturated heterocycles. The summed E-state index contributed by atoms with van der Waals surface area (Å²) >= 11 is 0. The highest BCUT2D eigenvalue weighted by Crippen LogP contribution is 2.45. The summed E-state index contributed by atoms with van der Waals surface area (Å²) in [4.78, 5) is 14.1. The molecule has 1 saturated carbocycles. The second-order valence-corrected chi connectivity index (χ2v) is 5.34. The molecule has 0 N–H and O–H groups in total. The number of hydrogen-bond acceptors (Lipinski definition) is 1. The Morgan fingerprint density at radius 1 is 1.40 bits per heavy atom. The van der Waals surface area contributed by atoms with Gasteiger partial charge in [0.25, 0.3) is 0 Å². The van der Waals surface area contributed by atoms with E-state index in [1.54, 1.807) is 0 Å². The van der Waals surface area contributed by atoms with Crippen molar-refractivity contribution in [2.75, 3.05) is 7.05 Å². The Morgan fingerprint density at radius 2 is 2.13 bits per heavy atom. The number of nitrogens with zero attached hydrogens (tertiary/aromatic N) is 1. The van der Waals surface area contributed by atoms with Gasteiger partial charge in [0, 0.05) is 19.0 Å². The monoisotopic (exact) mass is 209 g/mol. The minimum atomic E-state index is 0.364. The second kappa shape index (κ2) is 4.15. The molecule has 1 aliphatic carbocycles.